The number of nitriles is 1. The summed E-state index contributed by atoms with van der Waals surface area (Å²) in [7, 11) is 0. The Morgan fingerprint density at radius 1 is 1.20 bits per heavy atom. The zero-order chi connectivity index (χ0) is 22.1. The van der Waals surface area contributed by atoms with Gasteiger partial charge in [0, 0.05) is 5.56 Å². The van der Waals surface area contributed by atoms with E-state index in [4.69, 9.17) is 40.5 Å². The molecule has 0 aliphatic rings. The molecule has 3 aromatic rings. The predicted octanol–water partition coefficient (Wildman–Crippen LogP) is 6.07. The lowest BCUT2D eigenvalue weighted by Crippen LogP contribution is -2.07. The minimum absolute atomic E-state index is 0.0401. The molecule has 0 aliphatic carbocycles. The fourth-order valence-corrected chi connectivity index (χ4v) is 3.39. The van der Waals surface area contributed by atoms with Crippen LogP contribution in [0.1, 0.15) is 23.1 Å². The van der Waals surface area contributed by atoms with E-state index in [-0.39, 0.29) is 43.3 Å². The Kier molecular flexibility index (Phi) is 6.27. The first kappa shape index (κ1) is 22.0. The molecule has 0 saturated heterocycles. The summed E-state index contributed by atoms with van der Waals surface area (Å²) in [5.74, 6) is -0.0401. The van der Waals surface area contributed by atoms with Crippen LogP contribution in [0.15, 0.2) is 42.7 Å². The van der Waals surface area contributed by atoms with Gasteiger partial charge in [-0.25, -0.2) is 9.67 Å². The van der Waals surface area contributed by atoms with Crippen LogP contribution in [-0.2, 0) is 0 Å². The fourth-order valence-electron chi connectivity index (χ4n) is 2.79. The Hall–Kier alpha value is -2.73. The maximum atomic E-state index is 13.1. The van der Waals surface area contributed by atoms with Gasteiger partial charge in [-0.1, -0.05) is 46.9 Å². The quantitative estimate of drug-likeness (QED) is 0.468. The van der Waals surface area contributed by atoms with Crippen molar-refractivity contribution in [3.05, 3.63) is 74.5 Å². The molecule has 0 amide bonds. The zero-order valence-corrected chi connectivity index (χ0v) is 17.2. The van der Waals surface area contributed by atoms with Crippen LogP contribution >= 0.6 is 34.8 Å². The molecule has 30 heavy (non-hydrogen) atoms. The van der Waals surface area contributed by atoms with Crippen molar-refractivity contribution >= 4 is 46.3 Å². The van der Waals surface area contributed by atoms with Crippen LogP contribution in [0.3, 0.4) is 0 Å². The molecular weight excluding hydrogens is 462 g/mol. The zero-order valence-electron chi connectivity index (χ0n) is 14.9. The number of benzene rings is 2. The highest BCUT2D eigenvalue weighted by Crippen LogP contribution is 2.39. The van der Waals surface area contributed by atoms with Crippen LogP contribution in [0, 0.1) is 11.3 Å². The smallest absolute Gasteiger partial charge is 0.366 e. The van der Waals surface area contributed by atoms with Gasteiger partial charge in [-0.3, -0.25) is 0 Å². The monoisotopic (exact) mass is 471 g/mol. The van der Waals surface area contributed by atoms with Crippen molar-refractivity contribution in [1.82, 2.24) is 14.8 Å². The van der Waals surface area contributed by atoms with Crippen molar-refractivity contribution in [2.75, 3.05) is 5.73 Å². The molecule has 2 aromatic carbocycles. The van der Waals surface area contributed by atoms with E-state index in [1.54, 1.807) is 12.1 Å². The van der Waals surface area contributed by atoms with E-state index in [0.717, 1.165) is 6.08 Å². The summed E-state index contributed by atoms with van der Waals surface area (Å²) >= 11 is 18.2. The molecular formula is C19H11Cl3F3N5. The van der Waals surface area contributed by atoms with E-state index >= 15 is 0 Å². The van der Waals surface area contributed by atoms with E-state index in [9.17, 15) is 18.4 Å². The molecule has 0 radical (unpaired) electrons. The Morgan fingerprint density at radius 3 is 2.40 bits per heavy atom. The van der Waals surface area contributed by atoms with Crippen molar-refractivity contribution in [3.63, 3.8) is 0 Å². The van der Waals surface area contributed by atoms with Crippen molar-refractivity contribution < 1.29 is 13.2 Å². The number of rotatable bonds is 4. The number of hydrogen-bond acceptors (Lipinski definition) is 4. The number of aromatic nitrogens is 3. The Morgan fingerprint density at radius 2 is 1.87 bits per heavy atom. The number of nitrogen functional groups attached to an aromatic ring is 1. The van der Waals surface area contributed by atoms with E-state index in [1.165, 1.54) is 29.2 Å². The van der Waals surface area contributed by atoms with Crippen LogP contribution < -0.4 is 5.73 Å². The van der Waals surface area contributed by atoms with Crippen LogP contribution in [0.2, 0.25) is 15.1 Å². The molecule has 3 rings (SSSR count). The van der Waals surface area contributed by atoms with Crippen LogP contribution in [-0.4, -0.2) is 20.9 Å². The Labute approximate surface area is 184 Å². The third kappa shape index (κ3) is 4.70. The normalized spacial score (nSPS) is 12.1. The Balaban J connectivity index is 2.34. The van der Waals surface area contributed by atoms with Gasteiger partial charge < -0.3 is 5.73 Å². The molecule has 0 unspecified atom stereocenters. The Bertz CT molecular complexity index is 1160. The first-order valence-corrected chi connectivity index (χ1v) is 9.37. The number of alkyl halides is 3. The number of nitrogens with two attached hydrogens (primary N) is 1. The van der Waals surface area contributed by atoms with Crippen molar-refractivity contribution in [3.8, 4) is 11.8 Å². The van der Waals surface area contributed by atoms with Gasteiger partial charge in [0.1, 0.15) is 6.33 Å². The molecule has 0 bridgehead atoms. The summed E-state index contributed by atoms with van der Waals surface area (Å²) in [6.45, 7) is 0. The number of halogens is 6. The number of hydrogen-bond donors (Lipinski definition) is 1. The van der Waals surface area contributed by atoms with Gasteiger partial charge in [0.15, 0.2) is 0 Å². The summed E-state index contributed by atoms with van der Waals surface area (Å²) in [6.07, 6.45) is -3.49. The molecule has 11 heteroatoms. The summed E-state index contributed by atoms with van der Waals surface area (Å²) in [6, 6.07) is 9.37. The minimum atomic E-state index is -4.48. The lowest BCUT2D eigenvalue weighted by atomic mass is 9.91. The van der Waals surface area contributed by atoms with Crippen molar-refractivity contribution in [1.29, 1.82) is 5.26 Å². The maximum Gasteiger partial charge on any atom is 0.392 e. The second kappa shape index (κ2) is 8.56. The average Bonchev–Trinajstić information content (AvgIpc) is 3.11. The van der Waals surface area contributed by atoms with Crippen LogP contribution in [0.5, 0.6) is 0 Å². The highest BCUT2D eigenvalue weighted by molar-refractivity contribution is 6.48. The molecule has 5 nitrogen and oxygen atoms in total. The van der Waals surface area contributed by atoms with Gasteiger partial charge in [0.2, 0.25) is 5.95 Å². The predicted molar refractivity (Wildman–Crippen MR) is 110 cm³/mol. The SMILES string of the molecule is N#Cc1cccc(-n2cnc(N)n2)c1/C(=C/CC(F)(F)F)c1cc(Cl)c(Cl)c(Cl)c1. The molecule has 1 heterocycles. The third-order valence-electron chi connectivity index (χ3n) is 4.02. The molecule has 0 spiro atoms. The van der Waals surface area contributed by atoms with Crippen molar-refractivity contribution in [2.24, 2.45) is 0 Å². The second-order valence-electron chi connectivity index (χ2n) is 6.05. The number of anilines is 1. The van der Waals surface area contributed by atoms with Crippen molar-refractivity contribution in [2.45, 2.75) is 12.6 Å². The number of nitrogens with zero attached hydrogens (tertiary/aromatic N) is 4. The minimum Gasteiger partial charge on any atom is -0.366 e. The van der Waals surface area contributed by atoms with Crippen LogP contribution in [0.25, 0.3) is 11.3 Å². The van der Waals surface area contributed by atoms with Gasteiger partial charge in [0.25, 0.3) is 0 Å². The maximum absolute atomic E-state index is 13.1. The summed E-state index contributed by atoms with van der Waals surface area (Å²) in [4.78, 5) is 3.83. The first-order chi connectivity index (χ1) is 14.1. The van der Waals surface area contributed by atoms with E-state index < -0.39 is 12.6 Å². The molecule has 0 saturated carbocycles. The molecule has 2 N–H and O–H groups in total. The van der Waals surface area contributed by atoms with Gasteiger partial charge in [-0.2, -0.15) is 18.4 Å². The van der Waals surface area contributed by atoms with Crippen LogP contribution in [0.4, 0.5) is 19.1 Å². The molecule has 1 aromatic heterocycles. The molecule has 0 fully saturated rings. The van der Waals surface area contributed by atoms with Gasteiger partial charge in [-0.15, -0.1) is 5.10 Å². The van der Waals surface area contributed by atoms with Gasteiger partial charge in [-0.05, 0) is 35.4 Å². The molecule has 0 aliphatic heterocycles. The van der Waals surface area contributed by atoms with Gasteiger partial charge >= 0.3 is 6.18 Å². The average molecular weight is 473 g/mol. The summed E-state index contributed by atoms with van der Waals surface area (Å²) in [5.41, 5.74) is 6.49. The molecule has 0 atom stereocenters. The number of allylic oxidation sites excluding steroid dienone is 1. The highest BCUT2D eigenvalue weighted by atomic mass is 35.5. The fraction of sp³-hybridized carbons (Fsp3) is 0.105. The summed E-state index contributed by atoms with van der Waals surface area (Å²) in [5, 5.41) is 13.8. The van der Waals surface area contributed by atoms with E-state index in [1.807, 2.05) is 6.07 Å². The topological polar surface area (TPSA) is 80.5 Å². The largest absolute Gasteiger partial charge is 0.392 e. The van der Waals surface area contributed by atoms with E-state index in [0.29, 0.717) is 5.69 Å². The van der Waals surface area contributed by atoms with E-state index in [2.05, 4.69) is 10.1 Å². The second-order valence-corrected chi connectivity index (χ2v) is 7.24. The van der Waals surface area contributed by atoms with Gasteiger partial charge in [0.05, 0.1) is 38.8 Å². The lowest BCUT2D eigenvalue weighted by Gasteiger charge is -2.17. The molecule has 154 valence electrons. The highest BCUT2D eigenvalue weighted by Gasteiger charge is 2.27. The third-order valence-corrected chi connectivity index (χ3v) is 5.22. The lowest BCUT2D eigenvalue weighted by molar-refractivity contribution is -0.124. The standard InChI is InChI=1S/C19H11Cl3F3N5/c20-13-6-11(7-14(21)17(13)22)12(4-5-19(23,24)25)16-10(8-26)2-1-3-15(16)30-9-28-18(27)29-30/h1-4,6-7,9H,5H2,(H2,27,29)/b12-4+. The summed E-state index contributed by atoms with van der Waals surface area (Å²) < 4.78 is 40.4. The first-order valence-electron chi connectivity index (χ1n) is 8.23.